The molecule has 0 bridgehead atoms. The molecule has 14 heavy (non-hydrogen) atoms. The van der Waals surface area contributed by atoms with Crippen molar-refractivity contribution in [3.8, 4) is 0 Å². The van der Waals surface area contributed by atoms with Crippen molar-refractivity contribution >= 4 is 5.91 Å². The molecule has 3 heteroatoms. The van der Waals surface area contributed by atoms with Crippen LogP contribution < -0.4 is 10.6 Å². The SMILES string of the molecule is CNCC(C1CC1)C1CCCNC1=O. The molecule has 0 spiro atoms. The van der Waals surface area contributed by atoms with E-state index in [-0.39, 0.29) is 5.92 Å². The lowest BCUT2D eigenvalue weighted by molar-refractivity contribution is -0.128. The largest absolute Gasteiger partial charge is 0.356 e. The minimum atomic E-state index is 0.281. The van der Waals surface area contributed by atoms with Gasteiger partial charge in [-0.2, -0.15) is 0 Å². The number of nitrogens with one attached hydrogen (secondary N) is 2. The zero-order chi connectivity index (χ0) is 9.97. The van der Waals surface area contributed by atoms with Crippen molar-refractivity contribution in [3.05, 3.63) is 0 Å². The molecule has 2 rings (SSSR count). The predicted octanol–water partition coefficient (Wildman–Crippen LogP) is 0.758. The van der Waals surface area contributed by atoms with Gasteiger partial charge in [0.2, 0.25) is 5.91 Å². The monoisotopic (exact) mass is 196 g/mol. The van der Waals surface area contributed by atoms with E-state index in [1.165, 1.54) is 12.8 Å². The molecule has 80 valence electrons. The molecule has 1 heterocycles. The van der Waals surface area contributed by atoms with E-state index >= 15 is 0 Å². The van der Waals surface area contributed by atoms with Crippen molar-refractivity contribution in [2.24, 2.45) is 17.8 Å². The van der Waals surface area contributed by atoms with Gasteiger partial charge >= 0.3 is 0 Å². The van der Waals surface area contributed by atoms with E-state index in [9.17, 15) is 4.79 Å². The Balaban J connectivity index is 1.96. The molecule has 2 atom stereocenters. The summed E-state index contributed by atoms with van der Waals surface area (Å²) in [6.07, 6.45) is 4.91. The molecule has 1 amide bonds. The second-order valence-electron chi connectivity index (χ2n) is 4.60. The lowest BCUT2D eigenvalue weighted by Gasteiger charge is -2.29. The fourth-order valence-corrected chi connectivity index (χ4v) is 2.60. The van der Waals surface area contributed by atoms with Crippen LogP contribution in [0.3, 0.4) is 0 Å². The maximum Gasteiger partial charge on any atom is 0.223 e. The molecule has 3 nitrogen and oxygen atoms in total. The predicted molar refractivity (Wildman–Crippen MR) is 55.9 cm³/mol. The Hall–Kier alpha value is -0.570. The molecule has 1 aliphatic carbocycles. The van der Waals surface area contributed by atoms with Crippen molar-refractivity contribution in [2.75, 3.05) is 20.1 Å². The van der Waals surface area contributed by atoms with Crippen LogP contribution in [0.1, 0.15) is 25.7 Å². The molecule has 0 aromatic carbocycles. The second kappa shape index (κ2) is 4.30. The third-order valence-electron chi connectivity index (χ3n) is 3.51. The van der Waals surface area contributed by atoms with E-state index in [1.807, 2.05) is 7.05 Å². The second-order valence-corrected chi connectivity index (χ2v) is 4.60. The smallest absolute Gasteiger partial charge is 0.223 e. The maximum absolute atomic E-state index is 11.7. The lowest BCUT2D eigenvalue weighted by atomic mass is 9.82. The number of hydrogen-bond acceptors (Lipinski definition) is 2. The summed E-state index contributed by atoms with van der Waals surface area (Å²) < 4.78 is 0. The Morgan fingerprint density at radius 1 is 1.50 bits per heavy atom. The van der Waals surface area contributed by atoms with E-state index < -0.39 is 0 Å². The topological polar surface area (TPSA) is 41.1 Å². The van der Waals surface area contributed by atoms with E-state index in [0.717, 1.165) is 31.8 Å². The van der Waals surface area contributed by atoms with Gasteiger partial charge in [0, 0.05) is 12.5 Å². The fourth-order valence-electron chi connectivity index (χ4n) is 2.60. The van der Waals surface area contributed by atoms with Gasteiger partial charge in [0.05, 0.1) is 0 Å². The number of rotatable bonds is 4. The van der Waals surface area contributed by atoms with Gasteiger partial charge in [-0.1, -0.05) is 0 Å². The van der Waals surface area contributed by atoms with Crippen LogP contribution in [0, 0.1) is 17.8 Å². The van der Waals surface area contributed by atoms with Crippen molar-refractivity contribution in [1.29, 1.82) is 0 Å². The number of carbonyl (C=O) groups excluding carboxylic acids is 1. The number of amides is 1. The number of carbonyl (C=O) groups is 1. The first-order valence-corrected chi connectivity index (χ1v) is 5.75. The molecule has 2 unspecified atom stereocenters. The Kier molecular flexibility index (Phi) is 3.06. The van der Waals surface area contributed by atoms with Gasteiger partial charge in [0.1, 0.15) is 0 Å². The van der Waals surface area contributed by atoms with Crippen LogP contribution in [-0.2, 0) is 4.79 Å². The van der Waals surface area contributed by atoms with Crippen LogP contribution in [-0.4, -0.2) is 26.0 Å². The highest BCUT2D eigenvalue weighted by Gasteiger charge is 2.39. The first-order chi connectivity index (χ1) is 6.83. The molecule has 1 aliphatic heterocycles. The number of piperidine rings is 1. The summed E-state index contributed by atoms with van der Waals surface area (Å²) >= 11 is 0. The highest BCUT2D eigenvalue weighted by molar-refractivity contribution is 5.79. The molecule has 2 aliphatic rings. The van der Waals surface area contributed by atoms with Gasteiger partial charge < -0.3 is 10.6 Å². The zero-order valence-corrected chi connectivity index (χ0v) is 8.88. The average molecular weight is 196 g/mol. The highest BCUT2D eigenvalue weighted by Crippen LogP contribution is 2.42. The van der Waals surface area contributed by atoms with Crippen LogP contribution in [0.15, 0.2) is 0 Å². The summed E-state index contributed by atoms with van der Waals surface area (Å²) in [6.45, 7) is 1.88. The first kappa shape index (κ1) is 9.97. The van der Waals surface area contributed by atoms with Gasteiger partial charge in [0.15, 0.2) is 0 Å². The van der Waals surface area contributed by atoms with E-state index in [1.54, 1.807) is 0 Å². The fraction of sp³-hybridized carbons (Fsp3) is 0.909. The average Bonchev–Trinajstić information content (AvgIpc) is 2.99. The van der Waals surface area contributed by atoms with E-state index in [4.69, 9.17) is 0 Å². The summed E-state index contributed by atoms with van der Waals surface area (Å²) in [5.74, 6) is 1.98. The third-order valence-corrected chi connectivity index (χ3v) is 3.51. The summed E-state index contributed by atoms with van der Waals surface area (Å²) in [5, 5.41) is 6.21. The van der Waals surface area contributed by atoms with E-state index in [0.29, 0.717) is 11.8 Å². The van der Waals surface area contributed by atoms with Crippen molar-refractivity contribution in [1.82, 2.24) is 10.6 Å². The third kappa shape index (κ3) is 2.08. The van der Waals surface area contributed by atoms with Crippen LogP contribution in [0.4, 0.5) is 0 Å². The van der Waals surface area contributed by atoms with Gasteiger partial charge in [-0.15, -0.1) is 0 Å². The maximum atomic E-state index is 11.7. The van der Waals surface area contributed by atoms with Gasteiger partial charge in [-0.25, -0.2) is 0 Å². The Morgan fingerprint density at radius 2 is 2.29 bits per heavy atom. The molecule has 0 radical (unpaired) electrons. The highest BCUT2D eigenvalue weighted by atomic mass is 16.1. The van der Waals surface area contributed by atoms with Crippen LogP contribution in [0.2, 0.25) is 0 Å². The first-order valence-electron chi connectivity index (χ1n) is 5.75. The van der Waals surface area contributed by atoms with Gasteiger partial charge in [0.25, 0.3) is 0 Å². The molecule has 0 aromatic rings. The summed E-state index contributed by atoms with van der Waals surface area (Å²) in [7, 11) is 1.98. The molecule has 1 saturated heterocycles. The van der Waals surface area contributed by atoms with Crippen LogP contribution in [0.5, 0.6) is 0 Å². The quantitative estimate of drug-likeness (QED) is 0.697. The van der Waals surface area contributed by atoms with Crippen LogP contribution >= 0.6 is 0 Å². The molecule has 0 aromatic heterocycles. The molecule has 2 N–H and O–H groups in total. The molecular weight excluding hydrogens is 176 g/mol. The van der Waals surface area contributed by atoms with Crippen LogP contribution in [0.25, 0.3) is 0 Å². The minimum absolute atomic E-state index is 0.281. The molecule has 1 saturated carbocycles. The number of hydrogen-bond donors (Lipinski definition) is 2. The van der Waals surface area contributed by atoms with E-state index in [2.05, 4.69) is 10.6 Å². The zero-order valence-electron chi connectivity index (χ0n) is 8.88. The Labute approximate surface area is 85.6 Å². The standard InChI is InChI=1S/C11H20N2O/c1-12-7-10(8-4-5-8)9-3-2-6-13-11(9)14/h8-10,12H,2-7H2,1H3,(H,13,14). The normalized spacial score (nSPS) is 29.8. The molecular formula is C11H20N2O. The molecule has 2 fully saturated rings. The Morgan fingerprint density at radius 3 is 2.86 bits per heavy atom. The summed E-state index contributed by atoms with van der Waals surface area (Å²) in [4.78, 5) is 11.7. The van der Waals surface area contributed by atoms with Crippen molar-refractivity contribution in [3.63, 3.8) is 0 Å². The summed E-state index contributed by atoms with van der Waals surface area (Å²) in [6, 6.07) is 0. The van der Waals surface area contributed by atoms with Crippen molar-refractivity contribution in [2.45, 2.75) is 25.7 Å². The summed E-state index contributed by atoms with van der Waals surface area (Å²) in [5.41, 5.74) is 0. The van der Waals surface area contributed by atoms with Gasteiger partial charge in [-0.05, 0) is 51.1 Å². The lowest BCUT2D eigenvalue weighted by Crippen LogP contribution is -2.43. The van der Waals surface area contributed by atoms with Crippen molar-refractivity contribution < 1.29 is 4.79 Å². The Bertz CT molecular complexity index is 213. The van der Waals surface area contributed by atoms with Gasteiger partial charge in [-0.3, -0.25) is 4.79 Å². The minimum Gasteiger partial charge on any atom is -0.356 e.